The van der Waals surface area contributed by atoms with E-state index in [2.05, 4.69) is 26.5 Å². The summed E-state index contributed by atoms with van der Waals surface area (Å²) in [7, 11) is -3.62. The van der Waals surface area contributed by atoms with Gasteiger partial charge in [0.05, 0.1) is 12.5 Å². The maximum Gasteiger partial charge on any atom is 0.257 e. The Balaban J connectivity index is 2.16. The highest BCUT2D eigenvalue weighted by atomic mass is 32.2. The van der Waals surface area contributed by atoms with E-state index < -0.39 is 10.0 Å². The molecule has 0 aliphatic rings. The van der Waals surface area contributed by atoms with Crippen LogP contribution in [0, 0.1) is 11.8 Å². The van der Waals surface area contributed by atoms with Gasteiger partial charge in [0.2, 0.25) is 0 Å². The molecule has 2 rings (SSSR count). The molecule has 0 radical (unpaired) electrons. The number of aliphatic hydroxyl groups excluding tert-OH is 1. The van der Waals surface area contributed by atoms with Crippen molar-refractivity contribution < 1.29 is 13.5 Å². The summed E-state index contributed by atoms with van der Waals surface area (Å²) < 4.78 is 26.3. The van der Waals surface area contributed by atoms with Crippen LogP contribution in [0.5, 0.6) is 0 Å². The van der Waals surface area contributed by atoms with Crippen molar-refractivity contribution >= 4 is 10.0 Å². The monoisotopic (exact) mass is 291 g/mol. The minimum Gasteiger partial charge on any atom is -0.384 e. The maximum atomic E-state index is 11.9. The number of benzene rings is 1. The molecule has 1 aromatic heterocycles. The third kappa shape index (κ3) is 3.45. The van der Waals surface area contributed by atoms with E-state index in [1.807, 2.05) is 0 Å². The van der Waals surface area contributed by atoms with Gasteiger partial charge in [0, 0.05) is 12.1 Å². The van der Waals surface area contributed by atoms with Crippen LogP contribution in [0.2, 0.25) is 0 Å². The summed E-state index contributed by atoms with van der Waals surface area (Å²) in [6.07, 6.45) is 2.54. The minimum atomic E-state index is -3.62. The molecule has 1 heterocycles. The number of imidazole rings is 1. The second kappa shape index (κ2) is 6.34. The van der Waals surface area contributed by atoms with Crippen molar-refractivity contribution in [3.05, 3.63) is 47.9 Å². The highest BCUT2D eigenvalue weighted by molar-refractivity contribution is 7.89. The number of H-pyrrole nitrogens is 1. The highest BCUT2D eigenvalue weighted by Gasteiger charge is 2.15. The van der Waals surface area contributed by atoms with Crippen LogP contribution in [0.15, 0.2) is 41.8 Å². The Hall–Kier alpha value is -2.14. The van der Waals surface area contributed by atoms with Crippen LogP contribution < -0.4 is 4.72 Å². The average molecular weight is 291 g/mol. The van der Waals surface area contributed by atoms with E-state index in [9.17, 15) is 8.42 Å². The molecule has 0 amide bonds. The topological polar surface area (TPSA) is 95.1 Å². The smallest absolute Gasteiger partial charge is 0.257 e. The predicted octanol–water partition coefficient (Wildman–Crippen LogP) is 0.232. The summed E-state index contributed by atoms with van der Waals surface area (Å²) in [5.41, 5.74) is 1.41. The van der Waals surface area contributed by atoms with Gasteiger partial charge < -0.3 is 10.1 Å². The van der Waals surface area contributed by atoms with Crippen molar-refractivity contribution in [2.45, 2.75) is 11.6 Å². The van der Waals surface area contributed by atoms with E-state index in [0.717, 1.165) is 5.56 Å². The molecule has 0 aliphatic heterocycles. The lowest BCUT2D eigenvalue weighted by molar-refractivity contribution is 0.350. The van der Waals surface area contributed by atoms with Crippen LogP contribution in [0.25, 0.3) is 0 Å². The van der Waals surface area contributed by atoms with Crippen LogP contribution in [0.4, 0.5) is 0 Å². The van der Waals surface area contributed by atoms with Gasteiger partial charge in [0.15, 0.2) is 5.03 Å². The van der Waals surface area contributed by atoms with Crippen LogP contribution in [-0.2, 0) is 16.6 Å². The molecular weight excluding hydrogens is 278 g/mol. The second-order valence-corrected chi connectivity index (χ2v) is 5.59. The maximum absolute atomic E-state index is 11.9. The van der Waals surface area contributed by atoms with E-state index in [0.29, 0.717) is 5.56 Å². The first-order valence-corrected chi connectivity index (χ1v) is 7.27. The van der Waals surface area contributed by atoms with Crippen LogP contribution in [-0.4, -0.2) is 30.1 Å². The zero-order valence-electron chi connectivity index (χ0n) is 10.5. The van der Waals surface area contributed by atoms with Crippen molar-refractivity contribution in [2.75, 3.05) is 6.61 Å². The van der Waals surface area contributed by atoms with Gasteiger partial charge in [-0.2, -0.15) is 0 Å². The first-order chi connectivity index (χ1) is 9.63. The number of aromatic nitrogens is 2. The number of aromatic amines is 1. The molecule has 6 nitrogen and oxygen atoms in total. The lowest BCUT2D eigenvalue weighted by atomic mass is 10.1. The molecule has 7 heteroatoms. The fourth-order valence-corrected chi connectivity index (χ4v) is 2.48. The average Bonchev–Trinajstić information content (AvgIpc) is 2.99. The fraction of sp³-hybridized carbons (Fsp3) is 0.154. The second-order valence-electron chi connectivity index (χ2n) is 3.86. The molecule has 0 saturated heterocycles. The Morgan fingerprint density at radius 2 is 2.15 bits per heavy atom. The van der Waals surface area contributed by atoms with E-state index in [-0.39, 0.29) is 18.2 Å². The summed E-state index contributed by atoms with van der Waals surface area (Å²) in [6.45, 7) is -0.133. The first-order valence-electron chi connectivity index (χ1n) is 5.79. The third-order valence-electron chi connectivity index (χ3n) is 2.53. The zero-order valence-corrected chi connectivity index (χ0v) is 11.3. The Labute approximate surface area is 116 Å². The molecule has 0 spiro atoms. The fourth-order valence-electron chi connectivity index (χ4n) is 1.57. The summed E-state index contributed by atoms with van der Waals surface area (Å²) in [6, 6.07) is 7.14. The van der Waals surface area contributed by atoms with E-state index in [1.165, 1.54) is 12.5 Å². The number of aliphatic hydroxyl groups is 1. The van der Waals surface area contributed by atoms with Crippen LogP contribution in [0.3, 0.4) is 0 Å². The Morgan fingerprint density at radius 1 is 1.35 bits per heavy atom. The van der Waals surface area contributed by atoms with E-state index in [1.54, 1.807) is 24.3 Å². The van der Waals surface area contributed by atoms with Crippen LogP contribution in [0.1, 0.15) is 11.1 Å². The molecule has 0 fully saturated rings. The highest BCUT2D eigenvalue weighted by Crippen LogP contribution is 2.09. The van der Waals surface area contributed by atoms with Crippen LogP contribution >= 0.6 is 0 Å². The van der Waals surface area contributed by atoms with E-state index >= 15 is 0 Å². The minimum absolute atomic E-state index is 0.0106. The van der Waals surface area contributed by atoms with Gasteiger partial charge in [0.1, 0.15) is 6.61 Å². The van der Waals surface area contributed by atoms with Crippen molar-refractivity contribution in [1.29, 1.82) is 0 Å². The predicted molar refractivity (Wildman–Crippen MR) is 73.0 cm³/mol. The summed E-state index contributed by atoms with van der Waals surface area (Å²) in [4.78, 5) is 6.22. The van der Waals surface area contributed by atoms with E-state index in [4.69, 9.17) is 5.11 Å². The van der Waals surface area contributed by atoms with Crippen molar-refractivity contribution in [2.24, 2.45) is 0 Å². The van der Waals surface area contributed by atoms with Gasteiger partial charge in [-0.3, -0.25) is 0 Å². The zero-order chi connectivity index (χ0) is 14.4. The SMILES string of the molecule is O=S(=O)(NCc1ccccc1C#CCO)c1cnc[nH]1. The Kier molecular flexibility index (Phi) is 4.53. The number of hydrogen-bond acceptors (Lipinski definition) is 4. The summed E-state index contributed by atoms with van der Waals surface area (Å²) in [5.74, 6) is 5.32. The Bertz CT molecular complexity index is 728. The summed E-state index contributed by atoms with van der Waals surface area (Å²) in [5, 5.41) is 8.72. The largest absolute Gasteiger partial charge is 0.384 e. The molecule has 0 bridgehead atoms. The lowest BCUT2D eigenvalue weighted by Crippen LogP contribution is -2.24. The molecule has 20 heavy (non-hydrogen) atoms. The molecule has 2 aromatic rings. The number of hydrogen-bond donors (Lipinski definition) is 3. The lowest BCUT2D eigenvalue weighted by Gasteiger charge is -2.06. The molecule has 104 valence electrons. The van der Waals surface area contributed by atoms with Crippen molar-refractivity contribution in [1.82, 2.24) is 14.7 Å². The molecule has 0 aliphatic carbocycles. The molecular formula is C13H13N3O3S. The standard InChI is InChI=1S/C13H13N3O3S/c17-7-3-6-11-4-1-2-5-12(11)8-16-20(18,19)13-9-14-10-15-13/h1-2,4-5,9-10,16-17H,7-8H2,(H,14,15). The van der Waals surface area contributed by atoms with Gasteiger partial charge in [-0.25, -0.2) is 18.1 Å². The first kappa shape index (κ1) is 14.3. The molecule has 0 saturated carbocycles. The van der Waals surface area contributed by atoms with Gasteiger partial charge in [-0.05, 0) is 11.6 Å². The quantitative estimate of drug-likeness (QED) is 0.703. The van der Waals surface area contributed by atoms with Gasteiger partial charge in [0.25, 0.3) is 10.0 Å². The number of nitrogens with zero attached hydrogens (tertiary/aromatic N) is 1. The molecule has 0 unspecified atom stereocenters. The third-order valence-corrected chi connectivity index (χ3v) is 3.86. The molecule has 3 N–H and O–H groups in total. The van der Waals surface area contributed by atoms with Gasteiger partial charge in [-0.1, -0.05) is 30.0 Å². The Morgan fingerprint density at radius 3 is 2.85 bits per heavy atom. The number of rotatable bonds is 4. The van der Waals surface area contributed by atoms with Gasteiger partial charge in [-0.15, -0.1) is 0 Å². The molecule has 0 atom stereocenters. The van der Waals surface area contributed by atoms with Crippen molar-refractivity contribution in [3.8, 4) is 11.8 Å². The van der Waals surface area contributed by atoms with Crippen molar-refractivity contribution in [3.63, 3.8) is 0 Å². The number of sulfonamides is 1. The van der Waals surface area contributed by atoms with Gasteiger partial charge >= 0.3 is 0 Å². The molecule has 1 aromatic carbocycles. The normalized spacial score (nSPS) is 10.8. The summed E-state index contributed by atoms with van der Waals surface area (Å²) >= 11 is 0. The number of nitrogens with one attached hydrogen (secondary N) is 2.